The minimum Gasteiger partial charge on any atom is -0.480 e. The maximum absolute atomic E-state index is 11.8. The van der Waals surface area contributed by atoms with Gasteiger partial charge in [-0.1, -0.05) is 0 Å². The third kappa shape index (κ3) is 3.45. The van der Waals surface area contributed by atoms with Crippen LogP contribution < -0.4 is 15.0 Å². The number of nitrogens with one attached hydrogen (secondary N) is 1. The molecule has 1 aromatic rings. The molecule has 0 saturated heterocycles. The first-order chi connectivity index (χ1) is 9.72. The van der Waals surface area contributed by atoms with Crippen molar-refractivity contribution in [1.82, 2.24) is 10.3 Å². The molecular formula is C13H17N3O4. The average Bonchev–Trinajstić information content (AvgIpc) is 2.47. The summed E-state index contributed by atoms with van der Waals surface area (Å²) in [5.74, 6) is 0.395. The van der Waals surface area contributed by atoms with Crippen LogP contribution in [0.5, 0.6) is 5.75 Å². The van der Waals surface area contributed by atoms with Crippen LogP contribution in [0, 0.1) is 0 Å². The van der Waals surface area contributed by atoms with Crippen molar-refractivity contribution in [3.8, 4) is 5.75 Å². The Bertz CT molecular complexity index is 492. The Labute approximate surface area is 116 Å². The Balaban J connectivity index is 1.94. The molecule has 0 atom stereocenters. The van der Waals surface area contributed by atoms with E-state index in [2.05, 4.69) is 10.3 Å². The van der Waals surface area contributed by atoms with E-state index >= 15 is 0 Å². The first-order valence-corrected chi connectivity index (χ1v) is 6.36. The Morgan fingerprint density at radius 1 is 1.60 bits per heavy atom. The van der Waals surface area contributed by atoms with E-state index in [1.807, 2.05) is 0 Å². The summed E-state index contributed by atoms with van der Waals surface area (Å²) >= 11 is 0. The van der Waals surface area contributed by atoms with Crippen LogP contribution in [0.2, 0.25) is 0 Å². The van der Waals surface area contributed by atoms with Gasteiger partial charge in [-0.3, -0.25) is 14.5 Å². The molecule has 2 heterocycles. The maximum atomic E-state index is 11.8. The minimum atomic E-state index is -0.275. The molecule has 20 heavy (non-hydrogen) atoms. The molecule has 0 aromatic carbocycles. The molecule has 1 aliphatic heterocycles. The predicted octanol–water partition coefficient (Wildman–Crippen LogP) is -0.0403. The SMILES string of the molecule is COCCCNC(=O)CN1C(=O)COc2cccnc21. The summed E-state index contributed by atoms with van der Waals surface area (Å²) in [6.07, 6.45) is 2.29. The zero-order valence-corrected chi connectivity index (χ0v) is 11.3. The molecule has 0 unspecified atom stereocenters. The molecule has 0 spiro atoms. The van der Waals surface area contributed by atoms with Crippen LogP contribution in [-0.2, 0) is 14.3 Å². The number of anilines is 1. The van der Waals surface area contributed by atoms with Crippen molar-refractivity contribution < 1.29 is 19.1 Å². The van der Waals surface area contributed by atoms with Crippen LogP contribution >= 0.6 is 0 Å². The molecule has 1 aliphatic rings. The second kappa shape index (κ2) is 6.85. The van der Waals surface area contributed by atoms with Crippen LogP contribution in [0.4, 0.5) is 5.82 Å². The summed E-state index contributed by atoms with van der Waals surface area (Å²) in [7, 11) is 1.61. The third-order valence-electron chi connectivity index (χ3n) is 2.81. The molecule has 2 rings (SSSR count). The van der Waals surface area contributed by atoms with E-state index in [0.717, 1.165) is 6.42 Å². The number of rotatable bonds is 6. The quantitative estimate of drug-likeness (QED) is 0.739. The molecule has 7 nitrogen and oxygen atoms in total. The summed E-state index contributed by atoms with van der Waals surface area (Å²) in [5.41, 5.74) is 0. The molecular weight excluding hydrogens is 262 g/mol. The predicted molar refractivity (Wildman–Crippen MR) is 71.6 cm³/mol. The third-order valence-corrected chi connectivity index (χ3v) is 2.81. The van der Waals surface area contributed by atoms with Crippen molar-refractivity contribution in [2.45, 2.75) is 6.42 Å². The lowest BCUT2D eigenvalue weighted by molar-refractivity contribution is -0.125. The van der Waals surface area contributed by atoms with E-state index in [4.69, 9.17) is 9.47 Å². The summed E-state index contributed by atoms with van der Waals surface area (Å²) in [4.78, 5) is 29.1. The van der Waals surface area contributed by atoms with Crippen LogP contribution in [0.1, 0.15) is 6.42 Å². The fourth-order valence-corrected chi connectivity index (χ4v) is 1.84. The lowest BCUT2D eigenvalue weighted by atomic mass is 10.3. The molecule has 0 radical (unpaired) electrons. The zero-order chi connectivity index (χ0) is 14.4. The zero-order valence-electron chi connectivity index (χ0n) is 11.3. The number of carbonyl (C=O) groups is 2. The van der Waals surface area contributed by atoms with E-state index in [9.17, 15) is 9.59 Å². The number of hydrogen-bond acceptors (Lipinski definition) is 5. The normalized spacial score (nSPS) is 13.7. The summed E-state index contributed by atoms with van der Waals surface area (Å²) < 4.78 is 10.2. The highest BCUT2D eigenvalue weighted by molar-refractivity contribution is 6.01. The molecule has 7 heteroatoms. The number of ether oxygens (including phenoxy) is 2. The lowest BCUT2D eigenvalue weighted by Gasteiger charge is -2.27. The van der Waals surface area contributed by atoms with Crippen molar-refractivity contribution in [3.63, 3.8) is 0 Å². The van der Waals surface area contributed by atoms with Gasteiger partial charge in [-0.25, -0.2) is 4.98 Å². The number of amides is 2. The van der Waals surface area contributed by atoms with Gasteiger partial charge < -0.3 is 14.8 Å². The van der Waals surface area contributed by atoms with Crippen molar-refractivity contribution in [1.29, 1.82) is 0 Å². The van der Waals surface area contributed by atoms with Gasteiger partial charge in [-0.2, -0.15) is 0 Å². The number of fused-ring (bicyclic) bond motifs is 1. The summed E-state index contributed by atoms with van der Waals surface area (Å²) in [6, 6.07) is 3.44. The summed E-state index contributed by atoms with van der Waals surface area (Å²) in [5, 5.41) is 2.73. The molecule has 108 valence electrons. The average molecular weight is 279 g/mol. The standard InChI is InChI=1S/C13H17N3O4/c1-19-7-3-6-14-11(17)8-16-12(18)9-20-10-4-2-5-15-13(10)16/h2,4-5H,3,6-9H2,1H3,(H,14,17). The number of pyridine rings is 1. The van der Waals surface area contributed by atoms with Gasteiger partial charge in [-0.05, 0) is 18.6 Å². The van der Waals surface area contributed by atoms with E-state index in [1.165, 1.54) is 4.90 Å². The van der Waals surface area contributed by atoms with Crippen LogP contribution in [-0.4, -0.2) is 50.2 Å². The van der Waals surface area contributed by atoms with Gasteiger partial charge in [0.25, 0.3) is 5.91 Å². The van der Waals surface area contributed by atoms with Gasteiger partial charge in [0.1, 0.15) is 6.54 Å². The Hall–Kier alpha value is -2.15. The monoisotopic (exact) mass is 279 g/mol. The molecule has 0 fully saturated rings. The second-order valence-corrected chi connectivity index (χ2v) is 4.29. The first-order valence-electron chi connectivity index (χ1n) is 6.36. The molecule has 1 N–H and O–H groups in total. The van der Waals surface area contributed by atoms with E-state index < -0.39 is 0 Å². The smallest absolute Gasteiger partial charge is 0.266 e. The van der Waals surface area contributed by atoms with Gasteiger partial charge in [0.15, 0.2) is 18.2 Å². The van der Waals surface area contributed by atoms with Crippen LogP contribution in [0.25, 0.3) is 0 Å². The highest BCUT2D eigenvalue weighted by Gasteiger charge is 2.28. The topological polar surface area (TPSA) is 80.8 Å². The van der Waals surface area contributed by atoms with Crippen LogP contribution in [0.3, 0.4) is 0 Å². The Morgan fingerprint density at radius 3 is 3.25 bits per heavy atom. The highest BCUT2D eigenvalue weighted by atomic mass is 16.5. The largest absolute Gasteiger partial charge is 0.480 e. The number of nitrogens with zero attached hydrogens (tertiary/aromatic N) is 2. The second-order valence-electron chi connectivity index (χ2n) is 4.29. The number of methoxy groups -OCH3 is 1. The number of carbonyl (C=O) groups excluding carboxylic acids is 2. The highest BCUT2D eigenvalue weighted by Crippen LogP contribution is 2.28. The first kappa shape index (κ1) is 14.3. The number of hydrogen-bond donors (Lipinski definition) is 1. The van der Waals surface area contributed by atoms with Crippen LogP contribution in [0.15, 0.2) is 18.3 Å². The molecule has 0 bridgehead atoms. The van der Waals surface area contributed by atoms with Crippen molar-refractivity contribution in [3.05, 3.63) is 18.3 Å². The van der Waals surface area contributed by atoms with Gasteiger partial charge in [-0.15, -0.1) is 0 Å². The fraction of sp³-hybridized carbons (Fsp3) is 0.462. The Kier molecular flexibility index (Phi) is 4.89. The molecule has 0 saturated carbocycles. The number of aromatic nitrogens is 1. The van der Waals surface area contributed by atoms with E-state index in [1.54, 1.807) is 25.4 Å². The van der Waals surface area contributed by atoms with Gasteiger partial charge in [0.05, 0.1) is 0 Å². The van der Waals surface area contributed by atoms with Gasteiger partial charge in [0.2, 0.25) is 5.91 Å². The van der Waals surface area contributed by atoms with E-state index in [0.29, 0.717) is 24.7 Å². The minimum absolute atomic E-state index is 0.0564. The van der Waals surface area contributed by atoms with Gasteiger partial charge >= 0.3 is 0 Å². The summed E-state index contributed by atoms with van der Waals surface area (Å²) in [6.45, 7) is 0.969. The maximum Gasteiger partial charge on any atom is 0.266 e. The van der Waals surface area contributed by atoms with Crippen molar-refractivity contribution in [2.75, 3.05) is 38.3 Å². The van der Waals surface area contributed by atoms with Gasteiger partial charge in [0, 0.05) is 26.5 Å². The van der Waals surface area contributed by atoms with Crippen molar-refractivity contribution in [2.24, 2.45) is 0 Å². The molecule has 2 amide bonds. The van der Waals surface area contributed by atoms with E-state index in [-0.39, 0.29) is 25.0 Å². The van der Waals surface area contributed by atoms with Crippen molar-refractivity contribution >= 4 is 17.6 Å². The molecule has 0 aliphatic carbocycles. The lowest BCUT2D eigenvalue weighted by Crippen LogP contribution is -2.45. The molecule has 1 aromatic heterocycles. The Morgan fingerprint density at radius 2 is 2.45 bits per heavy atom. The fourth-order valence-electron chi connectivity index (χ4n) is 1.84.